The molecule has 2 aromatic heterocycles. The fraction of sp³-hybridized carbons (Fsp3) is 0.321. The van der Waals surface area contributed by atoms with E-state index >= 15 is 0 Å². The molecule has 0 aliphatic carbocycles. The monoisotopic (exact) mass is 500 g/mol. The highest BCUT2D eigenvalue weighted by Crippen LogP contribution is 2.33. The maximum atomic E-state index is 13.1. The molecular formula is C28H32N6O3. The van der Waals surface area contributed by atoms with Crippen molar-refractivity contribution in [1.82, 2.24) is 19.4 Å². The van der Waals surface area contributed by atoms with Gasteiger partial charge >= 0.3 is 0 Å². The van der Waals surface area contributed by atoms with Crippen LogP contribution in [0.2, 0.25) is 0 Å². The van der Waals surface area contributed by atoms with Crippen molar-refractivity contribution < 1.29 is 9.47 Å². The highest BCUT2D eigenvalue weighted by atomic mass is 16.5. The molecule has 37 heavy (non-hydrogen) atoms. The van der Waals surface area contributed by atoms with Gasteiger partial charge in [0.1, 0.15) is 11.5 Å². The second kappa shape index (κ2) is 10.1. The lowest BCUT2D eigenvalue weighted by Crippen LogP contribution is -2.26. The molecule has 0 unspecified atom stereocenters. The van der Waals surface area contributed by atoms with Gasteiger partial charge in [-0.3, -0.25) is 9.36 Å². The lowest BCUT2D eigenvalue weighted by molar-refractivity contribution is 0.239. The first kappa shape index (κ1) is 24.6. The molecule has 5 rings (SSSR count). The summed E-state index contributed by atoms with van der Waals surface area (Å²) in [5.74, 6) is 1.79. The van der Waals surface area contributed by atoms with Crippen LogP contribution in [0.25, 0.3) is 11.0 Å². The van der Waals surface area contributed by atoms with Gasteiger partial charge < -0.3 is 25.4 Å². The summed E-state index contributed by atoms with van der Waals surface area (Å²) in [6.07, 6.45) is 2.62. The van der Waals surface area contributed by atoms with Crippen molar-refractivity contribution in [2.75, 3.05) is 31.8 Å². The van der Waals surface area contributed by atoms with Crippen molar-refractivity contribution in [2.45, 2.75) is 39.5 Å². The Bertz CT molecular complexity index is 1510. The fourth-order valence-electron chi connectivity index (χ4n) is 4.68. The first-order chi connectivity index (χ1) is 17.8. The van der Waals surface area contributed by atoms with Gasteiger partial charge in [0.05, 0.1) is 30.8 Å². The minimum Gasteiger partial charge on any atom is -0.495 e. The smallest absolute Gasteiger partial charge is 0.254 e. The van der Waals surface area contributed by atoms with E-state index in [0.717, 1.165) is 42.3 Å². The molecule has 1 aliphatic heterocycles. The Kier molecular flexibility index (Phi) is 6.71. The van der Waals surface area contributed by atoms with E-state index < -0.39 is 0 Å². The summed E-state index contributed by atoms with van der Waals surface area (Å²) in [6, 6.07) is 13.3. The van der Waals surface area contributed by atoms with Crippen molar-refractivity contribution >= 4 is 28.4 Å². The van der Waals surface area contributed by atoms with Crippen molar-refractivity contribution in [2.24, 2.45) is 0 Å². The molecule has 9 heteroatoms. The van der Waals surface area contributed by atoms with Crippen LogP contribution in [0.3, 0.4) is 0 Å². The zero-order chi connectivity index (χ0) is 26.1. The van der Waals surface area contributed by atoms with Crippen LogP contribution >= 0.6 is 0 Å². The molecule has 3 heterocycles. The Morgan fingerprint density at radius 1 is 1.14 bits per heavy atom. The zero-order valence-corrected chi connectivity index (χ0v) is 21.6. The maximum Gasteiger partial charge on any atom is 0.254 e. The minimum absolute atomic E-state index is 0.00514. The predicted octanol–water partition coefficient (Wildman–Crippen LogP) is 3.95. The zero-order valence-electron chi connectivity index (χ0n) is 21.6. The molecule has 0 saturated carbocycles. The number of ether oxygens (including phenoxy) is 2. The maximum absolute atomic E-state index is 13.1. The van der Waals surface area contributed by atoms with Crippen LogP contribution in [-0.4, -0.2) is 46.2 Å². The van der Waals surface area contributed by atoms with Crippen LogP contribution in [0, 0.1) is 0 Å². The van der Waals surface area contributed by atoms with E-state index in [0.29, 0.717) is 22.7 Å². The number of pyridine rings is 1. The summed E-state index contributed by atoms with van der Waals surface area (Å²) in [6.45, 7) is 6.10. The number of rotatable bonds is 7. The number of methoxy groups -OCH3 is 1. The van der Waals surface area contributed by atoms with Gasteiger partial charge in [0.25, 0.3) is 5.56 Å². The molecule has 0 atom stereocenters. The summed E-state index contributed by atoms with van der Waals surface area (Å²) in [4.78, 5) is 24.6. The van der Waals surface area contributed by atoms with Gasteiger partial charge in [-0.2, -0.15) is 4.98 Å². The van der Waals surface area contributed by atoms with Gasteiger partial charge in [-0.1, -0.05) is 18.2 Å². The average Bonchev–Trinajstić information content (AvgIpc) is 2.86. The third-order valence-electron chi connectivity index (χ3n) is 6.52. The van der Waals surface area contributed by atoms with Crippen molar-refractivity contribution in [1.29, 1.82) is 0 Å². The summed E-state index contributed by atoms with van der Waals surface area (Å²) in [7, 11) is 3.76. The molecule has 9 nitrogen and oxygen atoms in total. The van der Waals surface area contributed by atoms with Crippen LogP contribution in [0.1, 0.15) is 30.5 Å². The number of nitrogens with zero attached hydrogens (tertiary/aromatic N) is 4. The van der Waals surface area contributed by atoms with Gasteiger partial charge in [0.15, 0.2) is 5.65 Å². The third-order valence-corrected chi connectivity index (χ3v) is 6.52. The van der Waals surface area contributed by atoms with Crippen LogP contribution in [0.5, 0.6) is 11.5 Å². The lowest BCUT2D eigenvalue weighted by Gasteiger charge is -2.26. The normalized spacial score (nSPS) is 13.5. The average molecular weight is 501 g/mol. The molecule has 3 N–H and O–H groups in total. The number of hydrogen-bond donors (Lipinski definition) is 2. The Labute approximate surface area is 215 Å². The van der Waals surface area contributed by atoms with E-state index in [1.165, 1.54) is 17.2 Å². The van der Waals surface area contributed by atoms with Gasteiger partial charge in [0.2, 0.25) is 5.95 Å². The second-order valence-electron chi connectivity index (χ2n) is 9.66. The van der Waals surface area contributed by atoms with Crippen molar-refractivity contribution in [3.63, 3.8) is 0 Å². The van der Waals surface area contributed by atoms with Crippen molar-refractivity contribution in [3.05, 3.63) is 75.7 Å². The van der Waals surface area contributed by atoms with Crippen molar-refractivity contribution in [3.8, 4) is 11.5 Å². The lowest BCUT2D eigenvalue weighted by atomic mass is 9.99. The first-order valence-corrected chi connectivity index (χ1v) is 12.4. The molecule has 192 valence electrons. The molecule has 0 amide bonds. The highest BCUT2D eigenvalue weighted by molar-refractivity contribution is 5.88. The van der Waals surface area contributed by atoms with Crippen LogP contribution in [-0.2, 0) is 19.5 Å². The largest absolute Gasteiger partial charge is 0.495 e. The van der Waals surface area contributed by atoms with E-state index in [1.807, 2.05) is 38.1 Å². The number of anilines is 3. The second-order valence-corrected chi connectivity index (χ2v) is 9.66. The molecule has 0 fully saturated rings. The first-order valence-electron chi connectivity index (χ1n) is 12.4. The summed E-state index contributed by atoms with van der Waals surface area (Å²) < 4.78 is 13.2. The number of aromatic nitrogens is 3. The molecule has 2 aromatic carbocycles. The van der Waals surface area contributed by atoms with Crippen LogP contribution in [0.15, 0.2) is 53.5 Å². The van der Waals surface area contributed by atoms with Gasteiger partial charge in [0, 0.05) is 36.6 Å². The van der Waals surface area contributed by atoms with Gasteiger partial charge in [-0.15, -0.1) is 0 Å². The fourth-order valence-corrected chi connectivity index (χ4v) is 4.68. The number of para-hydroxylation sites is 1. The summed E-state index contributed by atoms with van der Waals surface area (Å²) >= 11 is 0. The van der Waals surface area contributed by atoms with Gasteiger partial charge in [-0.05, 0) is 56.6 Å². The molecule has 1 aliphatic rings. The molecule has 0 bridgehead atoms. The number of likely N-dealkylation sites (N-methyl/N-ethyl adjacent to an activating group) is 1. The molecular weight excluding hydrogens is 468 g/mol. The number of nitrogens with two attached hydrogens (primary N) is 1. The van der Waals surface area contributed by atoms with E-state index in [-0.39, 0.29) is 18.2 Å². The number of nitrogen functional groups attached to an aromatic ring is 1. The topological polar surface area (TPSA) is 108 Å². The Morgan fingerprint density at radius 3 is 2.73 bits per heavy atom. The van der Waals surface area contributed by atoms with Crippen LogP contribution in [0.4, 0.5) is 17.3 Å². The van der Waals surface area contributed by atoms with E-state index in [1.54, 1.807) is 17.9 Å². The molecule has 0 spiro atoms. The van der Waals surface area contributed by atoms with Crippen LogP contribution < -0.4 is 26.1 Å². The number of hydrogen-bond acceptors (Lipinski definition) is 8. The van der Waals surface area contributed by atoms with Gasteiger partial charge in [-0.25, -0.2) is 4.98 Å². The van der Waals surface area contributed by atoms with E-state index in [4.69, 9.17) is 20.2 Å². The molecule has 0 saturated heterocycles. The van der Waals surface area contributed by atoms with E-state index in [2.05, 4.69) is 34.4 Å². The molecule has 0 radical (unpaired) electrons. The summed E-state index contributed by atoms with van der Waals surface area (Å²) in [5.41, 5.74) is 10.9. The number of fused-ring (bicyclic) bond motifs is 2. The quantitative estimate of drug-likeness (QED) is 0.393. The molecule has 4 aromatic rings. The standard InChI is InChI=1S/C28H32N6O3/c1-17(2)37-24-8-6-5-7-19(24)16-34-26(35)13-22(29)21-14-30-28(32-27(21)34)31-23-11-20-15-33(3)10-9-18(20)12-25(23)36-4/h5-8,11-14,17H,9-10,15-16,29H2,1-4H3,(H,30,31,32). The number of nitrogens with one attached hydrogen (secondary N) is 1. The Morgan fingerprint density at radius 2 is 1.95 bits per heavy atom. The third kappa shape index (κ3) is 5.08. The Hall–Kier alpha value is -4.11. The van der Waals surface area contributed by atoms with E-state index in [9.17, 15) is 4.79 Å². The highest BCUT2D eigenvalue weighted by Gasteiger charge is 2.18. The minimum atomic E-state index is -0.247. The predicted molar refractivity (Wildman–Crippen MR) is 146 cm³/mol. The SMILES string of the molecule is COc1cc2c(cc1Nc1ncc3c(N)cc(=O)n(Cc4ccccc4OC(C)C)c3n1)CN(C)CC2. The number of benzene rings is 2. The Balaban J connectivity index is 1.56. The summed E-state index contributed by atoms with van der Waals surface area (Å²) in [5, 5.41) is 3.90.